The standard InChI is InChI=1S/C11H14N6O3/c12-11(9(19)20)1-2-16(5-11)4-7-3-8(18)17-10(15-7)13-6-14-17/h3,6H,1-2,4-5,12H2,(H,19,20)(H,13,14,15). The van der Waals surface area contributed by atoms with E-state index in [9.17, 15) is 9.59 Å². The van der Waals surface area contributed by atoms with Gasteiger partial charge in [-0.15, -0.1) is 0 Å². The number of carbonyl (C=O) groups is 1. The number of nitrogens with two attached hydrogens (primary N) is 1. The van der Waals surface area contributed by atoms with Crippen molar-refractivity contribution in [3.63, 3.8) is 0 Å². The largest absolute Gasteiger partial charge is 0.480 e. The number of aromatic amines is 1. The molecular weight excluding hydrogens is 264 g/mol. The van der Waals surface area contributed by atoms with Crippen LogP contribution in [0, 0.1) is 0 Å². The zero-order chi connectivity index (χ0) is 14.3. The first-order valence-electron chi connectivity index (χ1n) is 6.15. The van der Waals surface area contributed by atoms with Crippen molar-refractivity contribution < 1.29 is 9.90 Å². The molecule has 1 aliphatic heterocycles. The topological polar surface area (TPSA) is 130 Å². The van der Waals surface area contributed by atoms with Gasteiger partial charge in [0.1, 0.15) is 11.9 Å². The molecule has 2 aromatic heterocycles. The fourth-order valence-corrected chi connectivity index (χ4v) is 2.40. The molecule has 0 spiro atoms. The second-order valence-corrected chi connectivity index (χ2v) is 5.03. The number of rotatable bonds is 3. The molecule has 1 aliphatic rings. The van der Waals surface area contributed by atoms with Crippen molar-refractivity contribution in [1.29, 1.82) is 0 Å². The van der Waals surface area contributed by atoms with Crippen LogP contribution in [0.15, 0.2) is 17.2 Å². The second kappa shape index (κ2) is 4.39. The van der Waals surface area contributed by atoms with Crippen LogP contribution in [0.4, 0.5) is 0 Å². The molecule has 3 rings (SSSR count). The molecule has 0 saturated carbocycles. The number of aliphatic carboxylic acids is 1. The summed E-state index contributed by atoms with van der Waals surface area (Å²) in [5.41, 5.74) is 4.89. The molecule has 0 aromatic carbocycles. The Hall–Kier alpha value is -2.26. The quantitative estimate of drug-likeness (QED) is 0.616. The maximum atomic E-state index is 11.8. The normalized spacial score (nSPS) is 23.4. The third-order valence-corrected chi connectivity index (χ3v) is 3.51. The Morgan fingerprint density at radius 2 is 2.40 bits per heavy atom. The average Bonchev–Trinajstić information content (AvgIpc) is 2.97. The number of nitrogens with one attached hydrogen (secondary N) is 1. The number of carboxylic acid groups (broad SMARTS) is 1. The van der Waals surface area contributed by atoms with Crippen molar-refractivity contribution in [3.8, 4) is 0 Å². The van der Waals surface area contributed by atoms with Gasteiger partial charge >= 0.3 is 5.97 Å². The Kier molecular flexibility index (Phi) is 2.80. The highest BCUT2D eigenvalue weighted by molar-refractivity contribution is 5.79. The van der Waals surface area contributed by atoms with Gasteiger partial charge in [-0.25, -0.2) is 9.97 Å². The summed E-state index contributed by atoms with van der Waals surface area (Å²) in [5, 5.41) is 11.7. The molecule has 1 atom stereocenters. The fourth-order valence-electron chi connectivity index (χ4n) is 2.40. The molecule has 20 heavy (non-hydrogen) atoms. The molecular formula is C11H14N6O3. The predicted molar refractivity (Wildman–Crippen MR) is 68.1 cm³/mol. The van der Waals surface area contributed by atoms with Crippen molar-refractivity contribution in [1.82, 2.24) is 24.5 Å². The van der Waals surface area contributed by atoms with Gasteiger partial charge in [-0.3, -0.25) is 19.6 Å². The number of likely N-dealkylation sites (tertiary alicyclic amines) is 1. The molecule has 1 unspecified atom stereocenters. The molecule has 4 N–H and O–H groups in total. The van der Waals surface area contributed by atoms with Crippen LogP contribution in [0.1, 0.15) is 12.1 Å². The van der Waals surface area contributed by atoms with E-state index >= 15 is 0 Å². The summed E-state index contributed by atoms with van der Waals surface area (Å²) in [5.74, 6) is -0.709. The monoisotopic (exact) mass is 278 g/mol. The molecule has 0 amide bonds. The van der Waals surface area contributed by atoms with Gasteiger partial charge in [0.15, 0.2) is 0 Å². The van der Waals surface area contributed by atoms with E-state index in [1.807, 2.05) is 4.90 Å². The van der Waals surface area contributed by atoms with Crippen LogP contribution in [0.5, 0.6) is 0 Å². The van der Waals surface area contributed by atoms with Crippen LogP contribution in [0.2, 0.25) is 0 Å². The SMILES string of the molecule is NC1(C(=O)O)CCN(Cc2cc(=O)n3[nH]cnc3n2)C1. The second-order valence-electron chi connectivity index (χ2n) is 5.03. The van der Waals surface area contributed by atoms with E-state index in [4.69, 9.17) is 10.8 Å². The molecule has 106 valence electrons. The third-order valence-electron chi connectivity index (χ3n) is 3.51. The highest BCUT2D eigenvalue weighted by atomic mass is 16.4. The van der Waals surface area contributed by atoms with Crippen LogP contribution in [0.3, 0.4) is 0 Å². The lowest BCUT2D eigenvalue weighted by Crippen LogP contribution is -2.50. The summed E-state index contributed by atoms with van der Waals surface area (Å²) in [6.07, 6.45) is 1.77. The van der Waals surface area contributed by atoms with E-state index in [2.05, 4.69) is 15.1 Å². The lowest BCUT2D eigenvalue weighted by atomic mass is 10.0. The molecule has 0 aliphatic carbocycles. The highest BCUT2D eigenvalue weighted by Gasteiger charge is 2.41. The third kappa shape index (κ3) is 2.06. The molecule has 1 fully saturated rings. The van der Waals surface area contributed by atoms with Gasteiger partial charge in [-0.2, -0.15) is 4.52 Å². The molecule has 2 aromatic rings. The average molecular weight is 278 g/mol. The number of carboxylic acids is 1. The number of hydrogen-bond donors (Lipinski definition) is 3. The minimum absolute atomic E-state index is 0.240. The first-order chi connectivity index (χ1) is 9.48. The molecule has 1 saturated heterocycles. The molecule has 0 radical (unpaired) electrons. The fraction of sp³-hybridized carbons (Fsp3) is 0.455. The first-order valence-corrected chi connectivity index (χ1v) is 6.15. The van der Waals surface area contributed by atoms with Crippen LogP contribution in [0.25, 0.3) is 5.78 Å². The molecule has 3 heterocycles. The Labute approximate surface area is 113 Å². The number of hydrogen-bond acceptors (Lipinski definition) is 6. The summed E-state index contributed by atoms with van der Waals surface area (Å²) in [6, 6.07) is 1.41. The van der Waals surface area contributed by atoms with Crippen molar-refractivity contribution in [2.75, 3.05) is 13.1 Å². The van der Waals surface area contributed by atoms with Crippen molar-refractivity contribution >= 4 is 11.7 Å². The zero-order valence-electron chi connectivity index (χ0n) is 10.6. The number of H-pyrrole nitrogens is 1. The van der Waals surface area contributed by atoms with E-state index in [1.165, 1.54) is 16.9 Å². The van der Waals surface area contributed by atoms with Gasteiger partial charge in [0.2, 0.25) is 0 Å². The Morgan fingerprint density at radius 3 is 3.10 bits per heavy atom. The number of aromatic nitrogens is 4. The minimum Gasteiger partial charge on any atom is -0.480 e. The van der Waals surface area contributed by atoms with Gasteiger partial charge in [0.25, 0.3) is 11.3 Å². The molecule has 0 bridgehead atoms. The van der Waals surface area contributed by atoms with Crippen molar-refractivity contribution in [2.45, 2.75) is 18.5 Å². The van der Waals surface area contributed by atoms with E-state index < -0.39 is 11.5 Å². The molecule has 9 nitrogen and oxygen atoms in total. The summed E-state index contributed by atoms with van der Waals surface area (Å²) >= 11 is 0. The highest BCUT2D eigenvalue weighted by Crippen LogP contribution is 2.20. The van der Waals surface area contributed by atoms with E-state index in [0.717, 1.165) is 0 Å². The van der Waals surface area contributed by atoms with Gasteiger partial charge < -0.3 is 10.8 Å². The van der Waals surface area contributed by atoms with Gasteiger partial charge in [0.05, 0.1) is 5.69 Å². The number of nitrogens with zero attached hydrogens (tertiary/aromatic N) is 4. The summed E-state index contributed by atoms with van der Waals surface area (Å²) < 4.78 is 1.23. The lowest BCUT2D eigenvalue weighted by Gasteiger charge is -2.19. The Bertz CT molecular complexity index is 722. The maximum absolute atomic E-state index is 11.8. The Balaban J connectivity index is 1.81. The van der Waals surface area contributed by atoms with Crippen molar-refractivity contribution in [2.24, 2.45) is 5.73 Å². The Morgan fingerprint density at radius 1 is 1.60 bits per heavy atom. The van der Waals surface area contributed by atoms with Crippen molar-refractivity contribution in [3.05, 3.63) is 28.4 Å². The van der Waals surface area contributed by atoms with Crippen LogP contribution in [-0.4, -0.2) is 54.2 Å². The van der Waals surface area contributed by atoms with Crippen LogP contribution >= 0.6 is 0 Å². The van der Waals surface area contributed by atoms with E-state index in [0.29, 0.717) is 31.0 Å². The zero-order valence-corrected chi connectivity index (χ0v) is 10.6. The lowest BCUT2D eigenvalue weighted by molar-refractivity contribution is -0.142. The smallest absolute Gasteiger partial charge is 0.325 e. The first kappa shape index (κ1) is 12.8. The summed E-state index contributed by atoms with van der Waals surface area (Å²) in [7, 11) is 0. The molecule has 9 heteroatoms. The minimum atomic E-state index is -1.22. The van der Waals surface area contributed by atoms with E-state index in [-0.39, 0.29) is 12.1 Å². The predicted octanol–water partition coefficient (Wildman–Crippen LogP) is -1.59. The summed E-state index contributed by atoms with van der Waals surface area (Å²) in [4.78, 5) is 32.9. The van der Waals surface area contributed by atoms with Crippen LogP contribution in [-0.2, 0) is 11.3 Å². The van der Waals surface area contributed by atoms with Crippen LogP contribution < -0.4 is 11.3 Å². The van der Waals surface area contributed by atoms with E-state index in [1.54, 1.807) is 0 Å². The maximum Gasteiger partial charge on any atom is 0.325 e. The van der Waals surface area contributed by atoms with Gasteiger partial charge in [-0.1, -0.05) is 0 Å². The van der Waals surface area contributed by atoms with Gasteiger partial charge in [0, 0.05) is 25.7 Å². The van der Waals surface area contributed by atoms with Gasteiger partial charge in [-0.05, 0) is 6.42 Å². The number of fused-ring (bicyclic) bond motifs is 1. The summed E-state index contributed by atoms with van der Waals surface area (Å²) in [6.45, 7) is 1.18.